The number of H-pyrrole nitrogens is 1. The van der Waals surface area contributed by atoms with Gasteiger partial charge in [-0.1, -0.05) is 48.5 Å². The van der Waals surface area contributed by atoms with Gasteiger partial charge in [0.2, 0.25) is 0 Å². The van der Waals surface area contributed by atoms with Crippen molar-refractivity contribution in [2.24, 2.45) is 0 Å². The molecule has 0 fully saturated rings. The van der Waals surface area contributed by atoms with Gasteiger partial charge in [-0.3, -0.25) is 5.10 Å². The highest BCUT2D eigenvalue weighted by atomic mass is 15.2. The van der Waals surface area contributed by atoms with Crippen LogP contribution >= 0.6 is 0 Å². The maximum absolute atomic E-state index is 4.26. The topological polar surface area (TPSA) is 41.6 Å². The van der Waals surface area contributed by atoms with Crippen LogP contribution in [0.15, 0.2) is 0 Å². The number of aromatic amines is 1. The van der Waals surface area contributed by atoms with E-state index in [4.69, 9.17) is 0 Å². The van der Waals surface area contributed by atoms with E-state index in [1.54, 1.807) is 0 Å². The molecule has 14 heavy (non-hydrogen) atoms. The third-order valence-electron chi connectivity index (χ3n) is 1.40. The molecule has 1 N–H and O–H groups in total. The van der Waals surface area contributed by atoms with Crippen LogP contribution in [0.2, 0.25) is 0 Å². The maximum atomic E-state index is 4.26. The fraction of sp³-hybridized carbons (Fsp3) is 0.818. The molecule has 0 spiro atoms. The van der Waals surface area contributed by atoms with Crippen molar-refractivity contribution in [3.63, 3.8) is 0 Å². The molecule has 3 heteroatoms. The first-order valence-corrected chi connectivity index (χ1v) is 5.65. The molecule has 84 valence electrons. The number of hydrogen-bond donors (Lipinski definition) is 1. The summed E-state index contributed by atoms with van der Waals surface area (Å²) in [6.07, 6.45) is 0.930. The van der Waals surface area contributed by atoms with Gasteiger partial charge in [0, 0.05) is 12.3 Å². The van der Waals surface area contributed by atoms with Gasteiger partial charge in [-0.15, -0.1) is 0 Å². The maximum Gasteiger partial charge on any atom is 0.153 e. The molecule has 0 aliphatic heterocycles. The zero-order chi connectivity index (χ0) is 11.6. The van der Waals surface area contributed by atoms with Gasteiger partial charge in [0.25, 0.3) is 0 Å². The van der Waals surface area contributed by atoms with Crippen molar-refractivity contribution in [3.8, 4) is 0 Å². The van der Waals surface area contributed by atoms with Gasteiger partial charge in [0.15, 0.2) is 5.82 Å². The van der Waals surface area contributed by atoms with Crippen molar-refractivity contribution in [3.05, 3.63) is 11.6 Å². The molecule has 1 rings (SSSR count). The Labute approximate surface area is 88.3 Å². The van der Waals surface area contributed by atoms with Crippen molar-refractivity contribution in [2.75, 3.05) is 0 Å². The molecule has 0 saturated heterocycles. The van der Waals surface area contributed by atoms with Crippen molar-refractivity contribution < 1.29 is 0 Å². The lowest BCUT2D eigenvalue weighted by atomic mass is 10.2. The number of hydrogen-bond acceptors (Lipinski definition) is 2. The SMILES string of the molecule is CC.CC.CCc1nc(C(C)C)n[nH]1. The van der Waals surface area contributed by atoms with Gasteiger partial charge >= 0.3 is 0 Å². The fourth-order valence-electron chi connectivity index (χ4n) is 0.726. The summed E-state index contributed by atoms with van der Waals surface area (Å²) < 4.78 is 0. The number of nitrogens with one attached hydrogen (secondary N) is 1. The first-order valence-electron chi connectivity index (χ1n) is 5.65. The van der Waals surface area contributed by atoms with Gasteiger partial charge in [-0.05, 0) is 0 Å². The molecule has 1 aromatic heterocycles. The minimum atomic E-state index is 0.427. The number of aryl methyl sites for hydroxylation is 1. The normalized spacial score (nSPS) is 8.57. The average Bonchev–Trinajstić information content (AvgIpc) is 2.72. The van der Waals surface area contributed by atoms with E-state index in [0.29, 0.717) is 5.92 Å². The lowest BCUT2D eigenvalue weighted by Gasteiger charge is -1.92. The molecule has 1 heterocycles. The number of rotatable bonds is 2. The van der Waals surface area contributed by atoms with E-state index in [0.717, 1.165) is 18.1 Å². The van der Waals surface area contributed by atoms with Crippen molar-refractivity contribution in [2.45, 2.75) is 60.8 Å². The van der Waals surface area contributed by atoms with Crippen LogP contribution in [0.25, 0.3) is 0 Å². The monoisotopic (exact) mass is 199 g/mol. The van der Waals surface area contributed by atoms with Crippen LogP contribution in [0.1, 0.15) is 66.0 Å². The highest BCUT2D eigenvalue weighted by Crippen LogP contribution is 2.07. The Morgan fingerprint density at radius 3 is 1.86 bits per heavy atom. The molecular weight excluding hydrogens is 174 g/mol. The van der Waals surface area contributed by atoms with Crippen LogP contribution in [0.4, 0.5) is 0 Å². The average molecular weight is 199 g/mol. The molecular formula is C11H25N3. The molecule has 0 unspecified atom stereocenters. The highest BCUT2D eigenvalue weighted by Gasteiger charge is 2.04. The van der Waals surface area contributed by atoms with E-state index < -0.39 is 0 Å². The van der Waals surface area contributed by atoms with Crippen LogP contribution in [0, 0.1) is 0 Å². The summed E-state index contributed by atoms with van der Waals surface area (Å²) >= 11 is 0. The third kappa shape index (κ3) is 5.73. The van der Waals surface area contributed by atoms with E-state index in [-0.39, 0.29) is 0 Å². The van der Waals surface area contributed by atoms with Crippen LogP contribution in [0.5, 0.6) is 0 Å². The minimum Gasteiger partial charge on any atom is -0.263 e. The van der Waals surface area contributed by atoms with Crippen LogP contribution in [0.3, 0.4) is 0 Å². The van der Waals surface area contributed by atoms with E-state index >= 15 is 0 Å². The van der Waals surface area contributed by atoms with Crippen LogP contribution in [-0.4, -0.2) is 15.2 Å². The van der Waals surface area contributed by atoms with E-state index in [9.17, 15) is 0 Å². The highest BCUT2D eigenvalue weighted by molar-refractivity contribution is 4.94. The predicted octanol–water partition coefficient (Wildman–Crippen LogP) is 3.54. The molecule has 0 atom stereocenters. The summed E-state index contributed by atoms with van der Waals surface area (Å²) in [4.78, 5) is 4.26. The molecule has 0 aliphatic rings. The van der Waals surface area contributed by atoms with Crippen LogP contribution in [-0.2, 0) is 6.42 Å². The quantitative estimate of drug-likeness (QED) is 0.791. The molecule has 1 aromatic rings. The Morgan fingerprint density at radius 1 is 1.14 bits per heavy atom. The first-order chi connectivity index (χ1) is 6.74. The van der Waals surface area contributed by atoms with Gasteiger partial charge in [0.05, 0.1) is 0 Å². The number of nitrogens with zero attached hydrogens (tertiary/aromatic N) is 2. The third-order valence-corrected chi connectivity index (χ3v) is 1.40. The summed E-state index contributed by atoms with van der Waals surface area (Å²) in [7, 11) is 0. The van der Waals surface area contributed by atoms with Crippen molar-refractivity contribution in [1.29, 1.82) is 0 Å². The first kappa shape index (κ1) is 15.6. The van der Waals surface area contributed by atoms with Crippen LogP contribution < -0.4 is 0 Å². The van der Waals surface area contributed by atoms with Gasteiger partial charge in [-0.2, -0.15) is 5.10 Å². The molecule has 0 amide bonds. The standard InChI is InChI=1S/C7H13N3.2C2H6/c1-4-6-8-7(5(2)3)10-9-6;2*1-2/h5H,4H2,1-3H3,(H,8,9,10);2*1-2H3. The molecule has 3 nitrogen and oxygen atoms in total. The van der Waals surface area contributed by atoms with E-state index in [2.05, 4.69) is 36.0 Å². The second-order valence-electron chi connectivity index (χ2n) is 2.65. The summed E-state index contributed by atoms with van der Waals surface area (Å²) in [5.41, 5.74) is 0. The molecule has 0 aliphatic carbocycles. The molecule has 0 radical (unpaired) electrons. The molecule has 0 bridgehead atoms. The van der Waals surface area contributed by atoms with Gasteiger partial charge < -0.3 is 0 Å². The lowest BCUT2D eigenvalue weighted by Crippen LogP contribution is -1.89. The summed E-state index contributed by atoms with van der Waals surface area (Å²) in [6.45, 7) is 14.2. The van der Waals surface area contributed by atoms with Crippen molar-refractivity contribution >= 4 is 0 Å². The minimum absolute atomic E-state index is 0.427. The molecule has 0 saturated carbocycles. The van der Waals surface area contributed by atoms with Crippen molar-refractivity contribution in [1.82, 2.24) is 15.2 Å². The summed E-state index contributed by atoms with van der Waals surface area (Å²) in [6, 6.07) is 0. The Bertz CT molecular complexity index is 204. The predicted molar refractivity (Wildman–Crippen MR) is 62.5 cm³/mol. The summed E-state index contributed by atoms with van der Waals surface area (Å²) in [5, 5.41) is 6.93. The van der Waals surface area contributed by atoms with E-state index in [1.165, 1.54) is 0 Å². The van der Waals surface area contributed by atoms with E-state index in [1.807, 2.05) is 27.7 Å². The Balaban J connectivity index is 0. The second kappa shape index (κ2) is 10.2. The smallest absolute Gasteiger partial charge is 0.153 e. The zero-order valence-electron chi connectivity index (χ0n) is 10.7. The van der Waals surface area contributed by atoms with Gasteiger partial charge in [-0.25, -0.2) is 4.98 Å². The zero-order valence-corrected chi connectivity index (χ0v) is 10.7. The fourth-order valence-corrected chi connectivity index (χ4v) is 0.726. The second-order valence-corrected chi connectivity index (χ2v) is 2.65. The van der Waals surface area contributed by atoms with Gasteiger partial charge in [0.1, 0.15) is 5.82 Å². The Hall–Kier alpha value is -0.860. The summed E-state index contributed by atoms with van der Waals surface area (Å²) in [5.74, 6) is 2.32. The largest absolute Gasteiger partial charge is 0.263 e. The molecule has 0 aromatic carbocycles. The Morgan fingerprint density at radius 2 is 1.64 bits per heavy atom. The number of aromatic nitrogens is 3. The Kier molecular flexibility index (Phi) is 11.4. The lowest BCUT2D eigenvalue weighted by molar-refractivity contribution is 0.780.